The van der Waals surface area contributed by atoms with E-state index in [2.05, 4.69) is 32.9 Å². The van der Waals surface area contributed by atoms with Crippen molar-refractivity contribution in [2.45, 2.75) is 30.3 Å². The van der Waals surface area contributed by atoms with Crippen LogP contribution in [0.3, 0.4) is 0 Å². The fraction of sp³-hybridized carbons (Fsp3) is 0.269. The van der Waals surface area contributed by atoms with Crippen LogP contribution in [-0.4, -0.2) is 17.7 Å². The third-order valence-corrected chi connectivity index (χ3v) is 8.57. The molecule has 1 spiro atoms. The molecule has 0 bridgehead atoms. The standard InChI is InChI=1S/C26H25NO2S/c1-24(2,3)26(23(28)27(4)18-12-6-5-7-13-18)25(30-26)19-14-8-10-16-21(19)29-22-17-11-9-15-20(22)25/h5-17H,1-4H3. The lowest BCUT2D eigenvalue weighted by Gasteiger charge is -2.38. The van der Waals surface area contributed by atoms with E-state index in [0.717, 1.165) is 28.3 Å². The topological polar surface area (TPSA) is 29.5 Å². The predicted molar refractivity (Wildman–Crippen MR) is 123 cm³/mol. The SMILES string of the molecule is CN(C(=O)C1(C(C)(C)C)SC12c1ccccc1Oc1ccccc12)c1ccccc1. The molecule has 1 atom stereocenters. The Morgan fingerprint density at radius 3 is 1.87 bits per heavy atom. The Hall–Kier alpha value is -2.72. The van der Waals surface area contributed by atoms with Gasteiger partial charge in [0.05, 0.1) is 4.75 Å². The molecule has 2 aliphatic heterocycles. The third-order valence-electron chi connectivity index (χ3n) is 6.32. The van der Waals surface area contributed by atoms with Crippen molar-refractivity contribution in [2.75, 3.05) is 11.9 Å². The molecule has 1 unspecified atom stereocenters. The van der Waals surface area contributed by atoms with Gasteiger partial charge in [-0.25, -0.2) is 0 Å². The molecule has 30 heavy (non-hydrogen) atoms. The first-order chi connectivity index (χ1) is 14.3. The summed E-state index contributed by atoms with van der Waals surface area (Å²) >= 11 is 1.76. The summed E-state index contributed by atoms with van der Waals surface area (Å²) in [7, 11) is 1.88. The first kappa shape index (κ1) is 19.3. The minimum Gasteiger partial charge on any atom is -0.457 e. The third kappa shape index (κ3) is 2.37. The van der Waals surface area contributed by atoms with E-state index in [0.29, 0.717) is 0 Å². The number of fused-ring (bicyclic) bond motifs is 4. The number of carbonyl (C=O) groups excluding carboxylic acids is 1. The monoisotopic (exact) mass is 415 g/mol. The Morgan fingerprint density at radius 1 is 0.833 bits per heavy atom. The summed E-state index contributed by atoms with van der Waals surface area (Å²) in [5, 5.41) is 0. The van der Waals surface area contributed by atoms with Gasteiger partial charge in [-0.15, -0.1) is 11.8 Å². The highest BCUT2D eigenvalue weighted by Crippen LogP contribution is 2.82. The number of benzene rings is 3. The number of anilines is 1. The molecule has 0 N–H and O–H groups in total. The molecule has 152 valence electrons. The van der Waals surface area contributed by atoms with Crippen molar-refractivity contribution in [2.24, 2.45) is 5.41 Å². The molecule has 2 heterocycles. The highest BCUT2D eigenvalue weighted by Gasteiger charge is 2.81. The van der Waals surface area contributed by atoms with Crippen LogP contribution in [0.4, 0.5) is 5.69 Å². The lowest BCUT2D eigenvalue weighted by Crippen LogP contribution is -2.51. The van der Waals surface area contributed by atoms with E-state index >= 15 is 0 Å². The number of rotatable bonds is 2. The normalized spacial score (nSPS) is 20.7. The number of hydrogen-bond donors (Lipinski definition) is 0. The molecule has 3 nitrogen and oxygen atoms in total. The molecule has 4 heteroatoms. The smallest absolute Gasteiger partial charge is 0.245 e. The lowest BCUT2D eigenvalue weighted by molar-refractivity contribution is -0.122. The quantitative estimate of drug-likeness (QED) is 0.465. The Morgan fingerprint density at radius 2 is 1.33 bits per heavy atom. The fourth-order valence-electron chi connectivity index (χ4n) is 4.85. The molecule has 0 aliphatic carbocycles. The summed E-state index contributed by atoms with van der Waals surface area (Å²) in [6, 6.07) is 26.2. The van der Waals surface area contributed by atoms with E-state index in [4.69, 9.17) is 4.74 Å². The number of nitrogens with zero attached hydrogens (tertiary/aromatic N) is 1. The molecule has 2 aliphatic rings. The van der Waals surface area contributed by atoms with Gasteiger partial charge in [-0.05, 0) is 29.7 Å². The van der Waals surface area contributed by atoms with Crippen molar-refractivity contribution in [1.29, 1.82) is 0 Å². The molecular formula is C26H25NO2S. The van der Waals surface area contributed by atoms with Gasteiger partial charge in [-0.2, -0.15) is 0 Å². The summed E-state index contributed by atoms with van der Waals surface area (Å²) in [6.07, 6.45) is 0. The number of hydrogen-bond acceptors (Lipinski definition) is 3. The van der Waals surface area contributed by atoms with Gasteiger partial charge in [-0.3, -0.25) is 4.79 Å². The lowest BCUT2D eigenvalue weighted by atomic mass is 9.66. The van der Waals surface area contributed by atoms with Crippen molar-refractivity contribution >= 4 is 23.4 Å². The molecule has 3 aromatic rings. The van der Waals surface area contributed by atoms with Crippen LogP contribution < -0.4 is 9.64 Å². The Labute approximate surface area is 182 Å². The maximum absolute atomic E-state index is 14.2. The zero-order valence-corrected chi connectivity index (χ0v) is 18.5. The fourth-order valence-corrected chi connectivity index (χ4v) is 6.96. The number of para-hydroxylation sites is 3. The van der Waals surface area contributed by atoms with Crippen LogP contribution in [0, 0.1) is 5.41 Å². The first-order valence-electron chi connectivity index (χ1n) is 10.2. The average molecular weight is 416 g/mol. The molecule has 5 rings (SSSR count). The summed E-state index contributed by atoms with van der Waals surface area (Å²) in [4.78, 5) is 16.0. The second-order valence-corrected chi connectivity index (χ2v) is 10.4. The van der Waals surface area contributed by atoms with Crippen LogP contribution in [0.15, 0.2) is 78.9 Å². The van der Waals surface area contributed by atoms with Crippen LogP contribution in [0.1, 0.15) is 31.9 Å². The summed E-state index contributed by atoms with van der Waals surface area (Å²) < 4.78 is 5.12. The zero-order valence-electron chi connectivity index (χ0n) is 17.7. The molecule has 1 fully saturated rings. The number of thioether (sulfide) groups is 1. The molecule has 1 saturated heterocycles. The highest BCUT2D eigenvalue weighted by atomic mass is 32.2. The Kier molecular flexibility index (Phi) is 4.10. The first-order valence-corrected chi connectivity index (χ1v) is 11.0. The average Bonchev–Trinajstić information content (AvgIpc) is 3.46. The molecule has 1 amide bonds. The van der Waals surface area contributed by atoms with E-state index in [1.165, 1.54) is 0 Å². The minimum atomic E-state index is -0.652. The van der Waals surface area contributed by atoms with Gasteiger partial charge in [0, 0.05) is 23.9 Å². The Bertz CT molecular complexity index is 1090. The van der Waals surface area contributed by atoms with Crippen molar-refractivity contribution in [3.8, 4) is 11.5 Å². The maximum Gasteiger partial charge on any atom is 0.245 e. The molecule has 3 aromatic carbocycles. The van der Waals surface area contributed by atoms with Gasteiger partial charge < -0.3 is 9.64 Å². The van der Waals surface area contributed by atoms with Crippen LogP contribution >= 0.6 is 11.8 Å². The van der Waals surface area contributed by atoms with Crippen molar-refractivity contribution < 1.29 is 9.53 Å². The molecular weight excluding hydrogens is 390 g/mol. The summed E-state index contributed by atoms with van der Waals surface area (Å²) in [5.74, 6) is 1.80. The van der Waals surface area contributed by atoms with Gasteiger partial charge in [-0.1, -0.05) is 75.4 Å². The van der Waals surface area contributed by atoms with Crippen LogP contribution in [0.2, 0.25) is 0 Å². The minimum absolute atomic E-state index is 0.123. The van der Waals surface area contributed by atoms with Gasteiger partial charge >= 0.3 is 0 Å². The number of amides is 1. The maximum atomic E-state index is 14.2. The van der Waals surface area contributed by atoms with Crippen LogP contribution in [0.25, 0.3) is 0 Å². The van der Waals surface area contributed by atoms with Gasteiger partial charge in [0.25, 0.3) is 0 Å². The molecule has 0 saturated carbocycles. The summed E-state index contributed by atoms with van der Waals surface area (Å²) in [6.45, 7) is 6.52. The van der Waals surface area contributed by atoms with Crippen molar-refractivity contribution in [3.05, 3.63) is 90.0 Å². The summed E-state index contributed by atoms with van der Waals surface area (Å²) in [5.41, 5.74) is 2.79. The van der Waals surface area contributed by atoms with Crippen LogP contribution in [0.5, 0.6) is 11.5 Å². The predicted octanol–water partition coefficient (Wildman–Crippen LogP) is 6.23. The second-order valence-electron chi connectivity index (χ2n) is 9.01. The molecule has 0 radical (unpaired) electrons. The number of ether oxygens (including phenoxy) is 1. The largest absolute Gasteiger partial charge is 0.457 e. The highest BCUT2D eigenvalue weighted by molar-refractivity contribution is 8.10. The molecule has 0 aromatic heterocycles. The van der Waals surface area contributed by atoms with Gasteiger partial charge in [0.15, 0.2) is 0 Å². The Balaban J connectivity index is 1.73. The van der Waals surface area contributed by atoms with E-state index in [-0.39, 0.29) is 11.3 Å². The zero-order chi connectivity index (χ0) is 21.1. The van der Waals surface area contributed by atoms with E-state index in [1.807, 2.05) is 78.7 Å². The van der Waals surface area contributed by atoms with Crippen molar-refractivity contribution in [3.63, 3.8) is 0 Å². The van der Waals surface area contributed by atoms with Gasteiger partial charge in [0.1, 0.15) is 16.2 Å². The van der Waals surface area contributed by atoms with Gasteiger partial charge in [0.2, 0.25) is 5.91 Å². The number of carbonyl (C=O) groups is 1. The van der Waals surface area contributed by atoms with E-state index < -0.39 is 9.49 Å². The van der Waals surface area contributed by atoms with E-state index in [1.54, 1.807) is 11.8 Å². The van der Waals surface area contributed by atoms with Crippen LogP contribution in [-0.2, 0) is 9.54 Å². The van der Waals surface area contributed by atoms with E-state index in [9.17, 15) is 4.79 Å². The second kappa shape index (κ2) is 6.39. The van der Waals surface area contributed by atoms with Crippen molar-refractivity contribution in [1.82, 2.24) is 0 Å².